The van der Waals surface area contributed by atoms with Gasteiger partial charge in [0.05, 0.1) is 18.0 Å². The number of benzene rings is 1. The lowest BCUT2D eigenvalue weighted by Gasteiger charge is -2.31. The SMILES string of the molecule is COCCS(=O)(=O)N1CCCc2cc(C(C)N)ccc21. The van der Waals surface area contributed by atoms with Crippen molar-refractivity contribution < 1.29 is 13.2 Å². The standard InChI is InChI=1S/C14H22N2O3S/c1-11(15)12-5-6-14-13(10-12)4-3-7-16(14)20(17,18)9-8-19-2/h5-6,10-11H,3-4,7-9,15H2,1-2H3. The minimum absolute atomic E-state index is 0.0119. The summed E-state index contributed by atoms with van der Waals surface area (Å²) < 4.78 is 31.1. The van der Waals surface area contributed by atoms with Gasteiger partial charge in [-0.3, -0.25) is 4.31 Å². The summed E-state index contributed by atoms with van der Waals surface area (Å²) in [5.41, 5.74) is 8.78. The highest BCUT2D eigenvalue weighted by Gasteiger charge is 2.27. The summed E-state index contributed by atoms with van der Waals surface area (Å²) in [5.74, 6) is 0.0119. The van der Waals surface area contributed by atoms with Gasteiger partial charge in [-0.1, -0.05) is 12.1 Å². The van der Waals surface area contributed by atoms with E-state index >= 15 is 0 Å². The molecule has 6 heteroatoms. The van der Waals surface area contributed by atoms with Crippen molar-refractivity contribution in [1.29, 1.82) is 0 Å². The van der Waals surface area contributed by atoms with E-state index in [0.29, 0.717) is 6.54 Å². The van der Waals surface area contributed by atoms with Gasteiger partial charge in [0.2, 0.25) is 10.0 Å². The molecule has 0 spiro atoms. The summed E-state index contributed by atoms with van der Waals surface area (Å²) in [6.07, 6.45) is 1.73. The molecule has 20 heavy (non-hydrogen) atoms. The first kappa shape index (κ1) is 15.3. The van der Waals surface area contributed by atoms with Crippen LogP contribution in [0.2, 0.25) is 0 Å². The summed E-state index contributed by atoms with van der Waals surface area (Å²) in [5, 5.41) is 0. The molecule has 2 rings (SSSR count). The fourth-order valence-electron chi connectivity index (χ4n) is 2.45. The van der Waals surface area contributed by atoms with Crippen molar-refractivity contribution in [3.05, 3.63) is 29.3 Å². The van der Waals surface area contributed by atoms with Crippen molar-refractivity contribution in [2.75, 3.05) is 30.3 Å². The molecule has 0 amide bonds. The normalized spacial score (nSPS) is 16.9. The first-order chi connectivity index (χ1) is 9.45. The molecule has 1 aromatic carbocycles. The molecule has 1 aromatic rings. The van der Waals surface area contributed by atoms with E-state index in [0.717, 1.165) is 29.7 Å². The first-order valence-corrected chi connectivity index (χ1v) is 8.44. The third-order valence-electron chi connectivity index (χ3n) is 3.59. The summed E-state index contributed by atoms with van der Waals surface area (Å²) >= 11 is 0. The fraction of sp³-hybridized carbons (Fsp3) is 0.571. The van der Waals surface area contributed by atoms with Crippen LogP contribution >= 0.6 is 0 Å². The van der Waals surface area contributed by atoms with Crippen LogP contribution in [-0.4, -0.2) is 34.4 Å². The van der Waals surface area contributed by atoms with Crippen LogP contribution in [0.5, 0.6) is 0 Å². The Hall–Kier alpha value is -1.11. The molecule has 112 valence electrons. The second-order valence-corrected chi connectivity index (χ2v) is 7.17. The summed E-state index contributed by atoms with van der Waals surface area (Å²) in [6.45, 7) is 2.68. The number of methoxy groups -OCH3 is 1. The summed E-state index contributed by atoms with van der Waals surface area (Å²) in [6, 6.07) is 5.77. The molecule has 0 fully saturated rings. The van der Waals surface area contributed by atoms with Gasteiger partial charge in [-0.05, 0) is 37.0 Å². The number of ether oxygens (including phenoxy) is 1. The average Bonchev–Trinajstić information content (AvgIpc) is 2.43. The van der Waals surface area contributed by atoms with Gasteiger partial charge in [-0.25, -0.2) is 8.42 Å². The van der Waals surface area contributed by atoms with Gasteiger partial charge in [0, 0.05) is 19.7 Å². The largest absolute Gasteiger partial charge is 0.384 e. The molecular formula is C14H22N2O3S. The van der Waals surface area contributed by atoms with Gasteiger partial charge < -0.3 is 10.5 Å². The van der Waals surface area contributed by atoms with Crippen LogP contribution in [0.15, 0.2) is 18.2 Å². The predicted molar refractivity (Wildman–Crippen MR) is 80.4 cm³/mol. The molecule has 1 atom stereocenters. The molecule has 0 saturated carbocycles. The monoisotopic (exact) mass is 298 g/mol. The van der Waals surface area contributed by atoms with E-state index in [1.807, 2.05) is 25.1 Å². The molecule has 0 aromatic heterocycles. The zero-order valence-corrected chi connectivity index (χ0v) is 12.8. The van der Waals surface area contributed by atoms with E-state index < -0.39 is 10.0 Å². The number of anilines is 1. The number of sulfonamides is 1. The quantitative estimate of drug-likeness (QED) is 0.892. The van der Waals surface area contributed by atoms with Crippen molar-refractivity contribution in [3.63, 3.8) is 0 Å². The minimum atomic E-state index is -3.31. The maximum absolute atomic E-state index is 12.3. The number of hydrogen-bond acceptors (Lipinski definition) is 4. The number of nitrogens with two attached hydrogens (primary N) is 1. The van der Waals surface area contributed by atoms with Gasteiger partial charge in [-0.15, -0.1) is 0 Å². The number of fused-ring (bicyclic) bond motifs is 1. The molecule has 1 heterocycles. The zero-order chi connectivity index (χ0) is 14.8. The Morgan fingerprint density at radius 2 is 2.20 bits per heavy atom. The maximum Gasteiger partial charge on any atom is 0.237 e. The molecular weight excluding hydrogens is 276 g/mol. The van der Waals surface area contributed by atoms with Gasteiger partial charge >= 0.3 is 0 Å². The highest BCUT2D eigenvalue weighted by molar-refractivity contribution is 7.92. The van der Waals surface area contributed by atoms with Gasteiger partial charge in [0.25, 0.3) is 0 Å². The van der Waals surface area contributed by atoms with Gasteiger partial charge in [-0.2, -0.15) is 0 Å². The van der Waals surface area contributed by atoms with Crippen molar-refractivity contribution in [2.45, 2.75) is 25.8 Å². The van der Waals surface area contributed by atoms with Gasteiger partial charge in [0.15, 0.2) is 0 Å². The number of nitrogens with zero attached hydrogens (tertiary/aromatic N) is 1. The highest BCUT2D eigenvalue weighted by atomic mass is 32.2. The van der Waals surface area contributed by atoms with Crippen LogP contribution in [0.1, 0.15) is 30.5 Å². The molecule has 2 N–H and O–H groups in total. The predicted octanol–water partition coefficient (Wildman–Crippen LogP) is 1.44. The number of aryl methyl sites for hydroxylation is 1. The third-order valence-corrected chi connectivity index (χ3v) is 5.32. The van der Waals surface area contributed by atoms with Crippen LogP contribution in [0.25, 0.3) is 0 Å². The zero-order valence-electron chi connectivity index (χ0n) is 12.0. The Kier molecular flexibility index (Phi) is 4.67. The maximum atomic E-state index is 12.3. The Balaban J connectivity index is 2.33. The Morgan fingerprint density at radius 3 is 2.85 bits per heavy atom. The van der Waals surface area contributed by atoms with E-state index in [2.05, 4.69) is 0 Å². The topological polar surface area (TPSA) is 72.6 Å². The van der Waals surface area contributed by atoms with E-state index in [1.165, 1.54) is 11.4 Å². The highest BCUT2D eigenvalue weighted by Crippen LogP contribution is 2.31. The lowest BCUT2D eigenvalue weighted by atomic mass is 9.98. The van der Waals surface area contributed by atoms with E-state index in [-0.39, 0.29) is 18.4 Å². The van der Waals surface area contributed by atoms with Crippen molar-refractivity contribution >= 4 is 15.7 Å². The molecule has 1 aliphatic heterocycles. The Bertz CT molecular complexity index is 570. The molecule has 1 aliphatic rings. The van der Waals surface area contributed by atoms with Crippen LogP contribution in [0, 0.1) is 0 Å². The van der Waals surface area contributed by atoms with Crippen LogP contribution in [0.4, 0.5) is 5.69 Å². The van der Waals surface area contributed by atoms with E-state index in [1.54, 1.807) is 0 Å². The van der Waals surface area contributed by atoms with Crippen LogP contribution in [0.3, 0.4) is 0 Å². The molecule has 5 nitrogen and oxygen atoms in total. The van der Waals surface area contributed by atoms with Crippen molar-refractivity contribution in [1.82, 2.24) is 0 Å². The fourth-order valence-corrected chi connectivity index (χ4v) is 3.94. The van der Waals surface area contributed by atoms with Crippen molar-refractivity contribution in [3.8, 4) is 0 Å². The second-order valence-electron chi connectivity index (χ2n) is 5.16. The molecule has 1 unspecified atom stereocenters. The second kappa shape index (κ2) is 6.11. The minimum Gasteiger partial charge on any atom is -0.384 e. The average molecular weight is 298 g/mol. The van der Waals surface area contributed by atoms with Crippen LogP contribution < -0.4 is 10.0 Å². The summed E-state index contributed by atoms with van der Waals surface area (Å²) in [4.78, 5) is 0. The van der Waals surface area contributed by atoms with Crippen molar-refractivity contribution in [2.24, 2.45) is 5.73 Å². The van der Waals surface area contributed by atoms with Crippen LogP contribution in [-0.2, 0) is 21.2 Å². The molecule has 0 radical (unpaired) electrons. The molecule has 0 bridgehead atoms. The Morgan fingerprint density at radius 1 is 1.45 bits per heavy atom. The van der Waals surface area contributed by atoms with E-state index in [4.69, 9.17) is 10.5 Å². The Labute approximate surface area is 120 Å². The molecule has 0 aliphatic carbocycles. The lowest BCUT2D eigenvalue weighted by molar-refractivity contribution is 0.217. The third kappa shape index (κ3) is 3.13. The number of hydrogen-bond donors (Lipinski definition) is 1. The number of rotatable bonds is 5. The lowest BCUT2D eigenvalue weighted by Crippen LogP contribution is -2.38. The van der Waals surface area contributed by atoms with E-state index in [9.17, 15) is 8.42 Å². The smallest absolute Gasteiger partial charge is 0.237 e. The van der Waals surface area contributed by atoms with Gasteiger partial charge in [0.1, 0.15) is 0 Å². The molecule has 0 saturated heterocycles. The summed E-state index contributed by atoms with van der Waals surface area (Å²) in [7, 11) is -1.81. The first-order valence-electron chi connectivity index (χ1n) is 6.83.